The van der Waals surface area contributed by atoms with Crippen molar-refractivity contribution >= 4 is 15.9 Å². The molecule has 0 aromatic heterocycles. The molecule has 0 atom stereocenters. The maximum Gasteiger partial charge on any atom is 0.253 e. The van der Waals surface area contributed by atoms with E-state index in [2.05, 4.69) is 10.0 Å². The predicted octanol–water partition coefficient (Wildman–Crippen LogP) is 0.951. The molecule has 126 valence electrons. The van der Waals surface area contributed by atoms with Crippen molar-refractivity contribution in [3.05, 3.63) is 29.8 Å². The smallest absolute Gasteiger partial charge is 0.253 e. The minimum atomic E-state index is -3.46. The van der Waals surface area contributed by atoms with Gasteiger partial charge in [0.2, 0.25) is 10.0 Å². The van der Waals surface area contributed by atoms with Gasteiger partial charge >= 0.3 is 0 Å². The van der Waals surface area contributed by atoms with Gasteiger partial charge in [0.25, 0.3) is 5.91 Å². The van der Waals surface area contributed by atoms with Crippen LogP contribution in [-0.2, 0) is 10.0 Å². The first-order valence-corrected chi connectivity index (χ1v) is 9.57. The number of amides is 1. The third kappa shape index (κ3) is 3.91. The highest BCUT2D eigenvalue weighted by Crippen LogP contribution is 2.22. The Morgan fingerprint density at radius 1 is 1.04 bits per heavy atom. The molecule has 1 aliphatic carbocycles. The SMILES string of the molecule is CNC1CCN(C(=O)c2ccc(S(=O)(=O)NC3CC3)cc2)CC1. The zero-order chi connectivity index (χ0) is 16.4. The van der Waals surface area contributed by atoms with Crippen LogP contribution in [0.25, 0.3) is 0 Å². The van der Waals surface area contributed by atoms with Crippen LogP contribution in [0.1, 0.15) is 36.0 Å². The van der Waals surface area contributed by atoms with Crippen molar-refractivity contribution in [3.63, 3.8) is 0 Å². The molecule has 0 spiro atoms. The fraction of sp³-hybridized carbons (Fsp3) is 0.562. The van der Waals surface area contributed by atoms with Crippen LogP contribution in [0.15, 0.2) is 29.2 Å². The molecule has 2 N–H and O–H groups in total. The largest absolute Gasteiger partial charge is 0.339 e. The minimum absolute atomic E-state index is 0.0290. The Kier molecular flexibility index (Phi) is 4.70. The van der Waals surface area contributed by atoms with Gasteiger partial charge in [-0.05, 0) is 57.0 Å². The maximum atomic E-state index is 12.5. The quantitative estimate of drug-likeness (QED) is 0.839. The number of sulfonamides is 1. The summed E-state index contributed by atoms with van der Waals surface area (Å²) in [4.78, 5) is 14.5. The number of benzene rings is 1. The van der Waals surface area contributed by atoms with E-state index in [1.807, 2.05) is 11.9 Å². The summed E-state index contributed by atoms with van der Waals surface area (Å²) in [5, 5.41) is 3.24. The zero-order valence-electron chi connectivity index (χ0n) is 13.3. The normalized spacial score (nSPS) is 19.8. The monoisotopic (exact) mass is 337 g/mol. The summed E-state index contributed by atoms with van der Waals surface area (Å²) in [6.07, 6.45) is 3.69. The molecule has 0 radical (unpaired) electrons. The van der Waals surface area contributed by atoms with Gasteiger partial charge in [0.15, 0.2) is 0 Å². The van der Waals surface area contributed by atoms with Gasteiger partial charge < -0.3 is 10.2 Å². The minimum Gasteiger partial charge on any atom is -0.339 e. The summed E-state index contributed by atoms with van der Waals surface area (Å²) in [6, 6.07) is 6.79. The fourth-order valence-corrected chi connectivity index (χ4v) is 4.12. The average molecular weight is 337 g/mol. The number of nitrogens with one attached hydrogen (secondary N) is 2. The number of rotatable bonds is 5. The predicted molar refractivity (Wildman–Crippen MR) is 87.8 cm³/mol. The van der Waals surface area contributed by atoms with Gasteiger partial charge in [0.05, 0.1) is 4.90 Å². The number of carbonyl (C=O) groups excluding carboxylic acids is 1. The van der Waals surface area contributed by atoms with Crippen molar-refractivity contribution in [1.29, 1.82) is 0 Å². The van der Waals surface area contributed by atoms with E-state index in [1.54, 1.807) is 12.1 Å². The highest BCUT2D eigenvalue weighted by atomic mass is 32.2. The van der Waals surface area contributed by atoms with Crippen LogP contribution in [0.5, 0.6) is 0 Å². The van der Waals surface area contributed by atoms with E-state index in [0.29, 0.717) is 11.6 Å². The Bertz CT molecular complexity index is 660. The number of carbonyl (C=O) groups is 1. The van der Waals surface area contributed by atoms with E-state index >= 15 is 0 Å². The van der Waals surface area contributed by atoms with E-state index < -0.39 is 10.0 Å². The number of piperidine rings is 1. The van der Waals surface area contributed by atoms with Crippen molar-refractivity contribution in [2.45, 2.75) is 42.7 Å². The van der Waals surface area contributed by atoms with Gasteiger partial charge in [0.1, 0.15) is 0 Å². The summed E-state index contributed by atoms with van der Waals surface area (Å²) in [5.74, 6) is -0.0290. The van der Waals surface area contributed by atoms with Crippen LogP contribution >= 0.6 is 0 Å². The Balaban J connectivity index is 1.66. The van der Waals surface area contributed by atoms with E-state index in [1.165, 1.54) is 12.1 Å². The topological polar surface area (TPSA) is 78.5 Å². The molecule has 0 bridgehead atoms. The lowest BCUT2D eigenvalue weighted by Gasteiger charge is -2.31. The number of hydrogen-bond donors (Lipinski definition) is 2. The van der Waals surface area contributed by atoms with Crippen molar-refractivity contribution < 1.29 is 13.2 Å². The van der Waals surface area contributed by atoms with Gasteiger partial charge in [-0.25, -0.2) is 13.1 Å². The second-order valence-electron chi connectivity index (χ2n) is 6.28. The highest BCUT2D eigenvalue weighted by molar-refractivity contribution is 7.89. The number of likely N-dealkylation sites (tertiary alicyclic amines) is 1. The molecule has 6 nitrogen and oxygen atoms in total. The maximum absolute atomic E-state index is 12.5. The number of hydrogen-bond acceptors (Lipinski definition) is 4. The van der Waals surface area contributed by atoms with Crippen LogP contribution in [0.3, 0.4) is 0 Å². The molecule has 1 aromatic rings. The van der Waals surface area contributed by atoms with Crippen LogP contribution in [0, 0.1) is 0 Å². The summed E-state index contributed by atoms with van der Waals surface area (Å²) >= 11 is 0. The number of nitrogens with zero attached hydrogens (tertiary/aromatic N) is 1. The molecule has 0 unspecified atom stereocenters. The first-order chi connectivity index (χ1) is 11.0. The van der Waals surface area contributed by atoms with Gasteiger partial charge in [-0.15, -0.1) is 0 Å². The summed E-state index contributed by atoms with van der Waals surface area (Å²) < 4.78 is 26.9. The van der Waals surface area contributed by atoms with Crippen LogP contribution in [0.2, 0.25) is 0 Å². The molecule has 1 saturated heterocycles. The van der Waals surface area contributed by atoms with Crippen molar-refractivity contribution in [2.75, 3.05) is 20.1 Å². The Hall–Kier alpha value is -1.44. The van der Waals surface area contributed by atoms with Gasteiger partial charge in [0, 0.05) is 30.7 Å². The van der Waals surface area contributed by atoms with Crippen molar-refractivity contribution in [2.24, 2.45) is 0 Å². The fourth-order valence-electron chi connectivity index (χ4n) is 2.82. The van der Waals surface area contributed by atoms with Crippen LogP contribution in [-0.4, -0.2) is 51.4 Å². The molecular formula is C16H23N3O3S. The van der Waals surface area contributed by atoms with E-state index in [0.717, 1.165) is 38.8 Å². The average Bonchev–Trinajstić information content (AvgIpc) is 3.38. The van der Waals surface area contributed by atoms with Crippen molar-refractivity contribution in [3.8, 4) is 0 Å². The van der Waals surface area contributed by atoms with E-state index in [4.69, 9.17) is 0 Å². The molecule has 1 aliphatic heterocycles. The Labute approximate surface area is 137 Å². The lowest BCUT2D eigenvalue weighted by Crippen LogP contribution is -2.43. The van der Waals surface area contributed by atoms with E-state index in [9.17, 15) is 13.2 Å². The second-order valence-corrected chi connectivity index (χ2v) is 7.99. The Morgan fingerprint density at radius 2 is 1.65 bits per heavy atom. The molecule has 1 amide bonds. The summed E-state index contributed by atoms with van der Waals surface area (Å²) in [5.41, 5.74) is 0.540. The first kappa shape index (κ1) is 16.4. The summed E-state index contributed by atoms with van der Waals surface area (Å²) in [7, 11) is -1.52. The molecule has 7 heteroatoms. The van der Waals surface area contributed by atoms with Gasteiger partial charge in [-0.2, -0.15) is 0 Å². The highest BCUT2D eigenvalue weighted by Gasteiger charge is 2.28. The lowest BCUT2D eigenvalue weighted by atomic mass is 10.0. The van der Waals surface area contributed by atoms with E-state index in [-0.39, 0.29) is 16.8 Å². The second kappa shape index (κ2) is 6.59. The molecular weight excluding hydrogens is 314 g/mol. The molecule has 1 aromatic carbocycles. The molecule has 2 aliphatic rings. The van der Waals surface area contributed by atoms with Gasteiger partial charge in [-0.1, -0.05) is 0 Å². The van der Waals surface area contributed by atoms with Crippen molar-refractivity contribution in [1.82, 2.24) is 14.9 Å². The molecule has 3 rings (SSSR count). The lowest BCUT2D eigenvalue weighted by molar-refractivity contribution is 0.0707. The third-order valence-electron chi connectivity index (χ3n) is 4.50. The zero-order valence-corrected chi connectivity index (χ0v) is 14.1. The standard InChI is InChI=1S/C16H23N3O3S/c1-17-13-8-10-19(11-9-13)16(20)12-2-6-15(7-3-12)23(21,22)18-14-4-5-14/h2-3,6-7,13-14,17-18H,4-5,8-11H2,1H3. The molecule has 1 heterocycles. The Morgan fingerprint density at radius 3 is 2.17 bits per heavy atom. The summed E-state index contributed by atoms with van der Waals surface area (Å²) in [6.45, 7) is 1.46. The molecule has 1 saturated carbocycles. The molecule has 23 heavy (non-hydrogen) atoms. The van der Waals surface area contributed by atoms with Crippen LogP contribution < -0.4 is 10.0 Å². The van der Waals surface area contributed by atoms with Gasteiger partial charge in [-0.3, -0.25) is 4.79 Å². The molecule has 2 fully saturated rings. The third-order valence-corrected chi connectivity index (χ3v) is 6.04. The first-order valence-electron chi connectivity index (χ1n) is 8.08. The van der Waals surface area contributed by atoms with Crippen LogP contribution in [0.4, 0.5) is 0 Å².